The number of halogens is 2. The molecule has 2 aromatic carbocycles. The smallest absolute Gasteiger partial charge is 0.313 e. The summed E-state index contributed by atoms with van der Waals surface area (Å²) in [6, 6.07) is 11.6. The third-order valence-corrected chi connectivity index (χ3v) is 5.52. The summed E-state index contributed by atoms with van der Waals surface area (Å²) in [6.07, 6.45) is 4.02. The summed E-state index contributed by atoms with van der Waals surface area (Å²) < 4.78 is 18.4. The molecule has 1 aliphatic carbocycles. The van der Waals surface area contributed by atoms with Crippen LogP contribution in [-0.2, 0) is 15.0 Å². The van der Waals surface area contributed by atoms with Gasteiger partial charge in [0.05, 0.1) is 12.1 Å². The van der Waals surface area contributed by atoms with Gasteiger partial charge < -0.3 is 15.4 Å². The van der Waals surface area contributed by atoms with Gasteiger partial charge >= 0.3 is 11.8 Å². The van der Waals surface area contributed by atoms with Gasteiger partial charge in [-0.3, -0.25) is 9.59 Å². The van der Waals surface area contributed by atoms with Crippen molar-refractivity contribution in [2.45, 2.75) is 31.1 Å². The molecule has 2 N–H and O–H groups in total. The topological polar surface area (TPSA) is 67.4 Å². The second-order valence-corrected chi connectivity index (χ2v) is 7.39. The number of benzene rings is 2. The molecule has 28 heavy (non-hydrogen) atoms. The van der Waals surface area contributed by atoms with E-state index in [-0.39, 0.29) is 16.1 Å². The summed E-state index contributed by atoms with van der Waals surface area (Å²) in [7, 11) is 1.62. The number of amides is 2. The molecule has 0 heterocycles. The van der Waals surface area contributed by atoms with Crippen molar-refractivity contribution in [3.05, 3.63) is 58.9 Å². The van der Waals surface area contributed by atoms with Gasteiger partial charge in [0.2, 0.25) is 0 Å². The van der Waals surface area contributed by atoms with Crippen LogP contribution in [0.15, 0.2) is 42.5 Å². The average Bonchev–Trinajstić information content (AvgIpc) is 3.19. The highest BCUT2D eigenvalue weighted by molar-refractivity contribution is 6.39. The van der Waals surface area contributed by atoms with Crippen LogP contribution in [-0.4, -0.2) is 25.5 Å². The van der Waals surface area contributed by atoms with E-state index < -0.39 is 17.6 Å². The van der Waals surface area contributed by atoms with E-state index >= 15 is 0 Å². The first-order chi connectivity index (χ1) is 13.4. The van der Waals surface area contributed by atoms with Crippen LogP contribution >= 0.6 is 11.6 Å². The third-order valence-electron chi connectivity index (χ3n) is 5.23. The van der Waals surface area contributed by atoms with Gasteiger partial charge in [-0.2, -0.15) is 0 Å². The van der Waals surface area contributed by atoms with E-state index in [1.54, 1.807) is 7.11 Å². The molecular formula is C21H22ClFN2O3. The molecule has 3 rings (SSSR count). The van der Waals surface area contributed by atoms with E-state index in [1.807, 2.05) is 24.3 Å². The Morgan fingerprint density at radius 2 is 1.79 bits per heavy atom. The van der Waals surface area contributed by atoms with Crippen LogP contribution in [0.1, 0.15) is 31.2 Å². The van der Waals surface area contributed by atoms with Crippen LogP contribution in [0.4, 0.5) is 10.1 Å². The molecule has 0 aliphatic heterocycles. The number of methoxy groups -OCH3 is 1. The quantitative estimate of drug-likeness (QED) is 0.738. The van der Waals surface area contributed by atoms with Gasteiger partial charge in [0, 0.05) is 17.6 Å². The molecule has 0 bridgehead atoms. The predicted molar refractivity (Wildman–Crippen MR) is 106 cm³/mol. The Labute approximate surface area is 168 Å². The summed E-state index contributed by atoms with van der Waals surface area (Å²) >= 11 is 5.70. The zero-order valence-electron chi connectivity index (χ0n) is 15.6. The predicted octanol–water partition coefficient (Wildman–Crippen LogP) is 4.05. The molecule has 0 radical (unpaired) electrons. The standard InChI is InChI=1S/C21H22ClFN2O3/c1-28-16-7-4-14(5-8-16)21(10-2-3-11-21)13-24-19(26)20(27)25-15-6-9-18(23)17(22)12-15/h4-9,12H,2-3,10-11,13H2,1H3,(H,24,26)(H,25,27). The molecule has 1 aliphatic rings. The number of rotatable bonds is 5. The Morgan fingerprint density at radius 1 is 1.11 bits per heavy atom. The maximum atomic E-state index is 13.2. The number of hydrogen-bond donors (Lipinski definition) is 2. The summed E-state index contributed by atoms with van der Waals surface area (Å²) in [6.45, 7) is 0.371. The summed E-state index contributed by atoms with van der Waals surface area (Å²) in [5.74, 6) is -1.36. The summed E-state index contributed by atoms with van der Waals surface area (Å²) in [5, 5.41) is 5.06. The van der Waals surface area contributed by atoms with Gasteiger partial charge in [-0.1, -0.05) is 36.6 Å². The third kappa shape index (κ3) is 4.44. The van der Waals surface area contributed by atoms with Crippen LogP contribution in [0.25, 0.3) is 0 Å². The molecule has 2 amide bonds. The molecular weight excluding hydrogens is 383 g/mol. The molecule has 5 nitrogen and oxygen atoms in total. The normalized spacial score (nSPS) is 15.1. The van der Waals surface area contributed by atoms with E-state index in [1.165, 1.54) is 12.1 Å². The van der Waals surface area contributed by atoms with Crippen molar-refractivity contribution in [3.63, 3.8) is 0 Å². The molecule has 7 heteroatoms. The number of anilines is 1. The van der Waals surface area contributed by atoms with Crippen LogP contribution < -0.4 is 15.4 Å². The van der Waals surface area contributed by atoms with Crippen molar-refractivity contribution in [1.82, 2.24) is 5.32 Å². The second kappa shape index (κ2) is 8.61. The number of nitrogens with one attached hydrogen (secondary N) is 2. The minimum atomic E-state index is -0.814. The summed E-state index contributed by atoms with van der Waals surface area (Å²) in [5.41, 5.74) is 1.19. The first-order valence-corrected chi connectivity index (χ1v) is 9.50. The van der Waals surface area contributed by atoms with Gasteiger partial charge in [0.25, 0.3) is 0 Å². The Balaban J connectivity index is 1.64. The number of hydrogen-bond acceptors (Lipinski definition) is 3. The highest BCUT2D eigenvalue weighted by Gasteiger charge is 2.36. The summed E-state index contributed by atoms with van der Waals surface area (Å²) in [4.78, 5) is 24.4. The van der Waals surface area contributed by atoms with Crippen LogP contribution in [0.5, 0.6) is 5.75 Å². The van der Waals surface area contributed by atoms with Crippen molar-refractivity contribution in [2.24, 2.45) is 0 Å². The maximum Gasteiger partial charge on any atom is 0.313 e. The van der Waals surface area contributed by atoms with Crippen LogP contribution in [0.3, 0.4) is 0 Å². The Kier molecular flexibility index (Phi) is 6.19. The van der Waals surface area contributed by atoms with Crippen molar-refractivity contribution in [2.75, 3.05) is 19.0 Å². The first-order valence-electron chi connectivity index (χ1n) is 9.12. The molecule has 0 unspecified atom stereocenters. The van der Waals surface area contributed by atoms with Crippen molar-refractivity contribution in [3.8, 4) is 5.75 Å². The van der Waals surface area contributed by atoms with Crippen LogP contribution in [0, 0.1) is 5.82 Å². The number of carbonyl (C=O) groups is 2. The lowest BCUT2D eigenvalue weighted by atomic mass is 9.78. The van der Waals surface area contributed by atoms with Gasteiger partial charge in [-0.15, -0.1) is 0 Å². The maximum absolute atomic E-state index is 13.2. The highest BCUT2D eigenvalue weighted by atomic mass is 35.5. The fourth-order valence-corrected chi connectivity index (χ4v) is 3.84. The van der Waals surface area contributed by atoms with Crippen molar-refractivity contribution >= 4 is 29.1 Å². The highest BCUT2D eigenvalue weighted by Crippen LogP contribution is 2.41. The van der Waals surface area contributed by atoms with E-state index in [4.69, 9.17) is 16.3 Å². The van der Waals surface area contributed by atoms with E-state index in [2.05, 4.69) is 10.6 Å². The molecule has 0 saturated heterocycles. The SMILES string of the molecule is COc1ccc(C2(CNC(=O)C(=O)Nc3ccc(F)c(Cl)c3)CCCC2)cc1. The molecule has 0 spiro atoms. The van der Waals surface area contributed by atoms with E-state index in [0.29, 0.717) is 6.54 Å². The number of ether oxygens (including phenoxy) is 1. The largest absolute Gasteiger partial charge is 0.497 e. The fraction of sp³-hybridized carbons (Fsp3) is 0.333. The fourth-order valence-electron chi connectivity index (χ4n) is 3.66. The Morgan fingerprint density at radius 3 is 2.39 bits per heavy atom. The Hall–Kier alpha value is -2.60. The molecule has 0 aromatic heterocycles. The van der Waals surface area contributed by atoms with Gasteiger partial charge in [0.15, 0.2) is 0 Å². The zero-order chi connectivity index (χ0) is 20.1. The second-order valence-electron chi connectivity index (χ2n) is 6.98. The molecule has 1 saturated carbocycles. The lowest BCUT2D eigenvalue weighted by molar-refractivity contribution is -0.136. The van der Waals surface area contributed by atoms with Gasteiger partial charge in [0.1, 0.15) is 11.6 Å². The van der Waals surface area contributed by atoms with Crippen molar-refractivity contribution in [1.29, 1.82) is 0 Å². The van der Waals surface area contributed by atoms with Crippen LogP contribution in [0.2, 0.25) is 5.02 Å². The molecule has 2 aromatic rings. The van der Waals surface area contributed by atoms with Gasteiger partial charge in [-0.05, 0) is 48.7 Å². The minimum Gasteiger partial charge on any atom is -0.497 e. The molecule has 1 fully saturated rings. The van der Waals surface area contributed by atoms with E-state index in [0.717, 1.165) is 43.1 Å². The first kappa shape index (κ1) is 20.1. The monoisotopic (exact) mass is 404 g/mol. The number of carbonyl (C=O) groups excluding carboxylic acids is 2. The average molecular weight is 405 g/mol. The van der Waals surface area contributed by atoms with E-state index in [9.17, 15) is 14.0 Å². The Bertz CT molecular complexity index is 864. The lowest BCUT2D eigenvalue weighted by Gasteiger charge is -2.30. The zero-order valence-corrected chi connectivity index (χ0v) is 16.3. The molecule has 0 atom stereocenters. The van der Waals surface area contributed by atoms with Crippen molar-refractivity contribution < 1.29 is 18.7 Å². The lowest BCUT2D eigenvalue weighted by Crippen LogP contribution is -2.43. The minimum absolute atomic E-state index is 0.123. The van der Waals surface area contributed by atoms with Gasteiger partial charge in [-0.25, -0.2) is 4.39 Å². The molecule has 148 valence electrons.